The van der Waals surface area contributed by atoms with Crippen molar-refractivity contribution >= 4 is 36.0 Å². The Bertz CT molecular complexity index is 1690. The Morgan fingerprint density at radius 2 is 1.70 bits per heavy atom. The number of ether oxygens (including phenoxy) is 2. The molecule has 1 saturated carbocycles. The normalized spacial score (nSPS) is 23.9. The van der Waals surface area contributed by atoms with Crippen LogP contribution in [0.15, 0.2) is 79.1 Å². The number of aliphatic hydroxyl groups excluding tert-OH is 1. The highest BCUT2D eigenvalue weighted by atomic mass is 28.4. The fraction of sp³-hybridized carbons (Fsp3) is 0.444. The molecule has 1 aliphatic carbocycles. The summed E-state index contributed by atoms with van der Waals surface area (Å²) in [5, 5.41) is 28.8. The first-order valence-electron chi connectivity index (χ1n) is 16.4. The van der Waals surface area contributed by atoms with E-state index < -0.39 is 38.2 Å². The van der Waals surface area contributed by atoms with Gasteiger partial charge in [0.1, 0.15) is 30.1 Å². The van der Waals surface area contributed by atoms with E-state index >= 15 is 0 Å². The minimum absolute atomic E-state index is 0.0322. The highest BCUT2D eigenvalue weighted by Crippen LogP contribution is 2.43. The van der Waals surface area contributed by atoms with Gasteiger partial charge in [-0.2, -0.15) is 10.4 Å². The molecule has 2 aromatic heterocycles. The van der Waals surface area contributed by atoms with Crippen molar-refractivity contribution in [2.75, 3.05) is 12.3 Å². The van der Waals surface area contributed by atoms with Crippen molar-refractivity contribution in [1.29, 1.82) is 5.26 Å². The van der Waals surface area contributed by atoms with Gasteiger partial charge in [-0.15, -0.1) is 0 Å². The number of aromatic nitrogens is 3. The predicted molar refractivity (Wildman–Crippen MR) is 180 cm³/mol. The van der Waals surface area contributed by atoms with Crippen molar-refractivity contribution in [3.63, 3.8) is 0 Å². The van der Waals surface area contributed by atoms with Gasteiger partial charge in [0.25, 0.3) is 8.32 Å². The molecule has 11 heteroatoms. The first-order valence-corrected chi connectivity index (χ1v) is 18.3. The van der Waals surface area contributed by atoms with Crippen LogP contribution in [0, 0.1) is 17.2 Å². The third kappa shape index (κ3) is 5.95. The minimum atomic E-state index is -3.04. The van der Waals surface area contributed by atoms with Gasteiger partial charge >= 0.3 is 5.97 Å². The van der Waals surface area contributed by atoms with Crippen molar-refractivity contribution in [3.05, 3.63) is 84.8 Å². The molecule has 246 valence electrons. The van der Waals surface area contributed by atoms with Gasteiger partial charge in [0.15, 0.2) is 11.9 Å². The maximum absolute atomic E-state index is 13.5. The van der Waals surface area contributed by atoms with E-state index in [4.69, 9.17) is 19.6 Å². The molecule has 0 bridgehead atoms. The number of hydrogen-bond donors (Lipinski definition) is 2. The highest BCUT2D eigenvalue weighted by molar-refractivity contribution is 6.99. The largest absolute Gasteiger partial charge is 0.457 e. The lowest BCUT2D eigenvalue weighted by Gasteiger charge is -2.43. The van der Waals surface area contributed by atoms with E-state index in [0.717, 1.165) is 36.1 Å². The van der Waals surface area contributed by atoms with E-state index in [1.165, 1.54) is 17.3 Å². The van der Waals surface area contributed by atoms with Gasteiger partial charge in [0.2, 0.25) is 5.60 Å². The molecule has 2 aliphatic rings. The van der Waals surface area contributed by atoms with Gasteiger partial charge in [0.05, 0.1) is 12.3 Å². The van der Waals surface area contributed by atoms with E-state index in [1.807, 2.05) is 36.4 Å². The number of nitrogens with zero attached hydrogens (tertiary/aromatic N) is 4. The molecular formula is C36H43N5O5Si. The summed E-state index contributed by atoms with van der Waals surface area (Å²) in [5.74, 6) is 0.0340. The molecule has 1 aliphatic heterocycles. The molecule has 1 saturated heterocycles. The molecule has 6 rings (SSSR count). The summed E-state index contributed by atoms with van der Waals surface area (Å²) in [5.41, 5.74) is 4.90. The molecule has 0 radical (unpaired) electrons. The monoisotopic (exact) mass is 653 g/mol. The first kappa shape index (κ1) is 32.8. The van der Waals surface area contributed by atoms with Gasteiger partial charge in [-0.05, 0) is 46.3 Å². The Kier molecular flexibility index (Phi) is 9.22. The maximum Gasteiger partial charge on any atom is 0.306 e. The Balaban J connectivity index is 1.40. The third-order valence-electron chi connectivity index (χ3n) is 9.79. The molecule has 2 aromatic carbocycles. The van der Waals surface area contributed by atoms with E-state index in [1.54, 1.807) is 12.1 Å². The number of aliphatic hydroxyl groups is 1. The Morgan fingerprint density at radius 3 is 2.30 bits per heavy atom. The molecule has 10 nitrogen and oxygen atoms in total. The van der Waals surface area contributed by atoms with Crippen molar-refractivity contribution in [2.45, 2.75) is 88.2 Å². The quantitative estimate of drug-likeness (QED) is 0.200. The molecule has 47 heavy (non-hydrogen) atoms. The number of hydrogen-bond acceptors (Lipinski definition) is 9. The average Bonchev–Trinajstić information content (AvgIpc) is 3.62. The lowest BCUT2D eigenvalue weighted by atomic mass is 9.87. The van der Waals surface area contributed by atoms with Gasteiger partial charge < -0.3 is 24.7 Å². The molecule has 0 amide bonds. The molecule has 0 spiro atoms. The van der Waals surface area contributed by atoms with Crippen LogP contribution in [-0.4, -0.2) is 58.9 Å². The van der Waals surface area contributed by atoms with Crippen molar-refractivity contribution in [1.82, 2.24) is 14.6 Å². The second kappa shape index (κ2) is 13.2. The smallest absolute Gasteiger partial charge is 0.306 e. The summed E-state index contributed by atoms with van der Waals surface area (Å²) in [6, 6.07) is 25.9. The molecule has 0 unspecified atom stereocenters. The average molecular weight is 654 g/mol. The number of benzene rings is 2. The van der Waals surface area contributed by atoms with Crippen molar-refractivity contribution in [3.8, 4) is 6.07 Å². The second-order valence-electron chi connectivity index (χ2n) is 13.7. The fourth-order valence-corrected chi connectivity index (χ4v) is 12.0. The van der Waals surface area contributed by atoms with Crippen LogP contribution in [0.4, 0.5) is 5.82 Å². The van der Waals surface area contributed by atoms with Crippen LogP contribution < -0.4 is 16.1 Å². The molecule has 3 heterocycles. The van der Waals surface area contributed by atoms with Crippen LogP contribution >= 0.6 is 0 Å². The number of carbonyl (C=O) groups excluding carboxylic acids is 1. The Labute approximate surface area is 276 Å². The zero-order valence-corrected chi connectivity index (χ0v) is 28.2. The van der Waals surface area contributed by atoms with E-state index in [-0.39, 0.29) is 35.5 Å². The van der Waals surface area contributed by atoms with Crippen LogP contribution in [0.25, 0.3) is 5.52 Å². The summed E-state index contributed by atoms with van der Waals surface area (Å²) >= 11 is 0. The van der Waals surface area contributed by atoms with Crippen LogP contribution in [-0.2, 0) is 24.3 Å². The van der Waals surface area contributed by atoms with Crippen LogP contribution in [0.5, 0.6) is 0 Å². The van der Waals surface area contributed by atoms with Gasteiger partial charge in [-0.25, -0.2) is 9.50 Å². The molecule has 2 fully saturated rings. The Hall–Kier alpha value is -4.08. The maximum atomic E-state index is 13.5. The molecule has 4 atom stereocenters. The van der Waals surface area contributed by atoms with Crippen molar-refractivity contribution in [2.24, 2.45) is 5.92 Å². The topological polar surface area (TPSA) is 145 Å². The van der Waals surface area contributed by atoms with Crippen LogP contribution in [0.3, 0.4) is 0 Å². The van der Waals surface area contributed by atoms with E-state index in [9.17, 15) is 15.2 Å². The summed E-state index contributed by atoms with van der Waals surface area (Å²) in [4.78, 5) is 17.5. The predicted octanol–water partition coefficient (Wildman–Crippen LogP) is 4.25. The summed E-state index contributed by atoms with van der Waals surface area (Å²) < 4.78 is 21.3. The lowest BCUT2D eigenvalue weighted by molar-refractivity contribution is -0.157. The summed E-state index contributed by atoms with van der Waals surface area (Å²) in [7, 11) is -3.04. The van der Waals surface area contributed by atoms with Crippen molar-refractivity contribution < 1.29 is 23.8 Å². The highest BCUT2D eigenvalue weighted by Gasteiger charge is 2.61. The fourth-order valence-electron chi connectivity index (χ4n) is 7.47. The number of nitrogen functional groups attached to an aromatic ring is 1. The zero-order valence-electron chi connectivity index (χ0n) is 27.2. The van der Waals surface area contributed by atoms with E-state index in [0.29, 0.717) is 5.52 Å². The number of rotatable bonds is 9. The third-order valence-corrected chi connectivity index (χ3v) is 14.8. The second-order valence-corrected chi connectivity index (χ2v) is 18.1. The lowest BCUT2D eigenvalue weighted by Crippen LogP contribution is -2.67. The SMILES string of the molecule is CC(C)(C)[Si](OC[C@H]1O[C@@](C#N)(c2ccc3c(N)ncnn23)[C@H](O)[C@@H]1OC(=O)CC1CCCCC1)(c1ccccc1)c1ccccc1. The van der Waals surface area contributed by atoms with E-state index in [2.05, 4.69) is 61.2 Å². The molecule has 3 N–H and O–H groups in total. The number of fused-ring (bicyclic) bond motifs is 1. The Morgan fingerprint density at radius 1 is 1.06 bits per heavy atom. The number of esters is 1. The first-order chi connectivity index (χ1) is 22.6. The van der Waals surface area contributed by atoms with Crippen LogP contribution in [0.1, 0.15) is 65.0 Å². The zero-order chi connectivity index (χ0) is 33.2. The number of nitriles is 1. The number of nitrogens with two attached hydrogens (primary N) is 1. The number of carbonyl (C=O) groups is 1. The summed E-state index contributed by atoms with van der Waals surface area (Å²) in [6.45, 7) is 6.47. The van der Waals surface area contributed by atoms with Crippen LogP contribution in [0.2, 0.25) is 5.04 Å². The van der Waals surface area contributed by atoms with Gasteiger partial charge in [0, 0.05) is 6.42 Å². The molecular weight excluding hydrogens is 611 g/mol. The van der Waals surface area contributed by atoms with Gasteiger partial charge in [-0.3, -0.25) is 4.79 Å². The standard InChI is InChI=1S/C36H43N5O5Si/c1-35(2,3)47(26-15-9-5-10-16-26,27-17-11-6-12-18-27)44-22-29-32(45-31(42)21-25-13-7-4-8-14-25)33(43)36(23-37,46-29)30-20-19-28-34(38)39-24-40-41(28)30/h5-6,9-12,15-20,24-25,29,32-33,43H,4,7-8,13-14,21-22H2,1-3H3,(H2,38,39,40)/t29-,32-,33-,36+/m1/s1. The summed E-state index contributed by atoms with van der Waals surface area (Å²) in [6.07, 6.45) is 3.15. The number of anilines is 1. The molecule has 4 aromatic rings. The minimum Gasteiger partial charge on any atom is -0.457 e. The van der Waals surface area contributed by atoms with Gasteiger partial charge in [-0.1, -0.05) is 101 Å².